The van der Waals surface area contributed by atoms with Gasteiger partial charge in [-0.2, -0.15) is 0 Å². The summed E-state index contributed by atoms with van der Waals surface area (Å²) in [5.41, 5.74) is 0. The fourth-order valence-corrected chi connectivity index (χ4v) is 5.16. The average molecular weight is 699 g/mol. The molecule has 0 aliphatic heterocycles. The Morgan fingerprint density at radius 3 is 1.81 bits per heavy atom. The lowest BCUT2D eigenvalue weighted by Crippen LogP contribution is -2.37. The predicted molar refractivity (Wildman–Crippen MR) is 196 cm³/mol. The van der Waals surface area contributed by atoms with E-state index in [0.29, 0.717) is 17.4 Å². The van der Waals surface area contributed by atoms with Gasteiger partial charge in [-0.3, -0.25) is 18.6 Å². The molecule has 9 nitrogen and oxygen atoms in total. The quantitative estimate of drug-likeness (QED) is 0.0243. The van der Waals surface area contributed by atoms with Crippen molar-refractivity contribution in [3.63, 3.8) is 0 Å². The number of phosphoric ester groups is 1. The molecule has 0 bridgehead atoms. The van der Waals surface area contributed by atoms with E-state index in [1.165, 1.54) is 12.8 Å². The maximum absolute atomic E-state index is 12.6. The molecule has 0 aliphatic carbocycles. The molecule has 0 heterocycles. The van der Waals surface area contributed by atoms with E-state index in [1.54, 1.807) is 0 Å². The Morgan fingerprint density at radius 2 is 1.19 bits per heavy atom. The lowest BCUT2D eigenvalue weighted by atomic mass is 10.1. The molecule has 0 rings (SSSR count). The first-order valence-corrected chi connectivity index (χ1v) is 19.9. The summed E-state index contributed by atoms with van der Waals surface area (Å²) in [7, 11) is 1.44. The number of nitrogens with zero attached hydrogens (tertiary/aromatic N) is 1. The molecule has 1 N–H and O–H groups in total. The van der Waals surface area contributed by atoms with Gasteiger partial charge in [-0.15, -0.1) is 0 Å². The van der Waals surface area contributed by atoms with E-state index >= 15 is 0 Å². The van der Waals surface area contributed by atoms with Crippen LogP contribution in [0.2, 0.25) is 0 Å². The van der Waals surface area contributed by atoms with Crippen molar-refractivity contribution in [2.75, 3.05) is 47.5 Å². The van der Waals surface area contributed by atoms with Crippen LogP contribution < -0.4 is 0 Å². The molecule has 0 aliphatic rings. The number of likely N-dealkylation sites (N-methyl/N-ethyl adjacent to an activating group) is 1. The molecule has 10 heteroatoms. The van der Waals surface area contributed by atoms with Crippen LogP contribution in [-0.2, 0) is 32.7 Å². The lowest BCUT2D eigenvalue weighted by Gasteiger charge is -2.24. The van der Waals surface area contributed by atoms with Crippen LogP contribution in [0.5, 0.6) is 0 Å². The highest BCUT2D eigenvalue weighted by Crippen LogP contribution is 2.43. The van der Waals surface area contributed by atoms with Crippen molar-refractivity contribution in [3.8, 4) is 0 Å². The van der Waals surface area contributed by atoms with Crippen LogP contribution in [-0.4, -0.2) is 74.9 Å². The van der Waals surface area contributed by atoms with Crippen LogP contribution in [0.4, 0.5) is 0 Å². The molecule has 0 aromatic rings. The van der Waals surface area contributed by atoms with E-state index in [9.17, 15) is 19.0 Å². The molecule has 0 amide bonds. The number of quaternary nitrogens is 1. The molecule has 0 spiro atoms. The maximum atomic E-state index is 12.6. The van der Waals surface area contributed by atoms with Crippen molar-refractivity contribution < 1.29 is 42.1 Å². The van der Waals surface area contributed by atoms with Gasteiger partial charge in [0.15, 0.2) is 6.10 Å². The van der Waals surface area contributed by atoms with E-state index in [-0.39, 0.29) is 26.1 Å². The van der Waals surface area contributed by atoms with Gasteiger partial charge in [-0.25, -0.2) is 4.57 Å². The summed E-state index contributed by atoms with van der Waals surface area (Å²) in [6.07, 6.45) is 33.1. The first-order chi connectivity index (χ1) is 23.0. The third-order valence-electron chi connectivity index (χ3n) is 7.34. The summed E-state index contributed by atoms with van der Waals surface area (Å²) in [5.74, 6) is -0.852. The topological polar surface area (TPSA) is 108 Å². The third-order valence-corrected chi connectivity index (χ3v) is 8.33. The van der Waals surface area contributed by atoms with Gasteiger partial charge in [0.2, 0.25) is 0 Å². The Labute approximate surface area is 293 Å². The largest absolute Gasteiger partial charge is 0.472 e. The van der Waals surface area contributed by atoms with Crippen LogP contribution in [0.1, 0.15) is 129 Å². The highest BCUT2D eigenvalue weighted by Gasteiger charge is 2.27. The summed E-state index contributed by atoms with van der Waals surface area (Å²) >= 11 is 0. The summed E-state index contributed by atoms with van der Waals surface area (Å²) in [5, 5.41) is 0. The second-order valence-electron chi connectivity index (χ2n) is 13.2. The van der Waals surface area contributed by atoms with Gasteiger partial charge < -0.3 is 18.9 Å². The van der Waals surface area contributed by atoms with Gasteiger partial charge in [0.25, 0.3) is 0 Å². The van der Waals surface area contributed by atoms with Gasteiger partial charge >= 0.3 is 19.8 Å². The summed E-state index contributed by atoms with van der Waals surface area (Å²) in [4.78, 5) is 35.1. The van der Waals surface area contributed by atoms with E-state index < -0.39 is 32.5 Å². The minimum atomic E-state index is -4.38. The molecule has 0 aromatic heterocycles. The highest BCUT2D eigenvalue weighted by atomic mass is 31.2. The van der Waals surface area contributed by atoms with Crippen molar-refractivity contribution in [1.82, 2.24) is 0 Å². The Kier molecular flexibility index (Phi) is 29.7. The summed E-state index contributed by atoms with van der Waals surface area (Å²) in [6, 6.07) is 0. The van der Waals surface area contributed by atoms with Gasteiger partial charge in [0.05, 0.1) is 27.7 Å². The van der Waals surface area contributed by atoms with Gasteiger partial charge in [-0.05, 0) is 64.2 Å². The van der Waals surface area contributed by atoms with E-state index in [4.69, 9.17) is 18.5 Å². The smallest absolute Gasteiger partial charge is 0.462 e. The van der Waals surface area contributed by atoms with Crippen LogP contribution in [0, 0.1) is 0 Å². The average Bonchev–Trinajstić information content (AvgIpc) is 3.02. The number of rotatable bonds is 32. The Hall–Kier alpha value is -2.03. The van der Waals surface area contributed by atoms with Crippen molar-refractivity contribution in [1.29, 1.82) is 0 Å². The van der Waals surface area contributed by atoms with Crippen LogP contribution >= 0.6 is 7.82 Å². The van der Waals surface area contributed by atoms with Crippen LogP contribution in [0.15, 0.2) is 48.6 Å². The third kappa shape index (κ3) is 33.9. The van der Waals surface area contributed by atoms with E-state index in [2.05, 4.69) is 62.5 Å². The normalized spacial score (nSPS) is 14.4. The SMILES string of the molecule is CC/C=C\C/C=C\C/C=C\CCCCCC(=O)OC(COC(=O)CCCCCCC/C=C\CCCC)COP(=O)(O)OCC[N+](C)(C)C. The number of hydrogen-bond donors (Lipinski definition) is 1. The second-order valence-corrected chi connectivity index (χ2v) is 14.7. The monoisotopic (exact) mass is 698 g/mol. The molecule has 0 saturated carbocycles. The van der Waals surface area contributed by atoms with E-state index in [1.807, 2.05) is 21.1 Å². The number of hydrogen-bond acceptors (Lipinski definition) is 7. The Bertz CT molecular complexity index is 970. The molecule has 0 radical (unpaired) electrons. The zero-order valence-corrected chi connectivity index (χ0v) is 31.8. The first kappa shape index (κ1) is 46.0. The predicted octanol–water partition coefficient (Wildman–Crippen LogP) is 9.57. The molecule has 0 saturated heterocycles. The zero-order valence-electron chi connectivity index (χ0n) is 31.0. The van der Waals surface area contributed by atoms with Gasteiger partial charge in [0.1, 0.15) is 19.8 Å². The Morgan fingerprint density at radius 1 is 0.667 bits per heavy atom. The molecule has 2 unspecified atom stereocenters. The van der Waals surface area contributed by atoms with Crippen molar-refractivity contribution in [3.05, 3.63) is 48.6 Å². The molecule has 278 valence electrons. The number of esters is 2. The number of allylic oxidation sites excluding steroid dienone is 8. The summed E-state index contributed by atoms with van der Waals surface area (Å²) in [6.45, 7) is 4.18. The highest BCUT2D eigenvalue weighted by molar-refractivity contribution is 7.47. The number of carbonyl (C=O) groups is 2. The Balaban J connectivity index is 4.54. The van der Waals surface area contributed by atoms with E-state index in [0.717, 1.165) is 83.5 Å². The van der Waals surface area contributed by atoms with Crippen LogP contribution in [0.25, 0.3) is 0 Å². The number of carbonyl (C=O) groups excluding carboxylic acids is 2. The molecule has 48 heavy (non-hydrogen) atoms. The summed E-state index contributed by atoms with van der Waals surface area (Å²) < 4.78 is 34.0. The minimum Gasteiger partial charge on any atom is -0.462 e. The standard InChI is InChI=1S/C38H68NO8P/c1-6-8-10-12-14-16-18-19-21-23-25-27-29-31-38(41)47-36(35-46-48(42,43)45-33-32-39(3,4)5)34-44-37(40)30-28-26-24-22-20-17-15-13-11-9-7-2/h8,10,13-16,19,21,36H,6-7,9,11-12,17-18,20,22-35H2,1-5H3/p+1/b10-8-,15-13-,16-14-,21-19-. The van der Waals surface area contributed by atoms with Crippen molar-refractivity contribution in [2.45, 2.75) is 136 Å². The van der Waals surface area contributed by atoms with Gasteiger partial charge in [-0.1, -0.05) is 101 Å². The minimum absolute atomic E-state index is 0.0227. The van der Waals surface area contributed by atoms with Crippen molar-refractivity contribution in [2.24, 2.45) is 0 Å². The zero-order chi connectivity index (χ0) is 35.8. The lowest BCUT2D eigenvalue weighted by molar-refractivity contribution is -0.870. The van der Waals surface area contributed by atoms with Crippen molar-refractivity contribution >= 4 is 19.8 Å². The molecular formula is C38H69NO8P+. The molecular weight excluding hydrogens is 629 g/mol. The first-order valence-electron chi connectivity index (χ1n) is 18.4. The molecule has 0 aromatic carbocycles. The number of phosphoric acid groups is 1. The number of unbranched alkanes of at least 4 members (excludes halogenated alkanes) is 10. The fourth-order valence-electron chi connectivity index (χ4n) is 4.42. The van der Waals surface area contributed by atoms with Gasteiger partial charge in [0, 0.05) is 12.8 Å². The number of ether oxygens (including phenoxy) is 2. The maximum Gasteiger partial charge on any atom is 0.472 e. The molecule has 0 fully saturated rings. The van der Waals surface area contributed by atoms with Crippen LogP contribution in [0.3, 0.4) is 0 Å². The molecule has 2 atom stereocenters. The fraction of sp³-hybridized carbons (Fsp3) is 0.737. The second kappa shape index (κ2) is 31.0.